The van der Waals surface area contributed by atoms with E-state index >= 15 is 0 Å². The van der Waals surface area contributed by atoms with Crippen LogP contribution < -0.4 is 5.32 Å². The van der Waals surface area contributed by atoms with Crippen molar-refractivity contribution < 1.29 is 9.63 Å². The van der Waals surface area contributed by atoms with Crippen LogP contribution in [0.4, 0.5) is 5.69 Å². The van der Waals surface area contributed by atoms with Crippen LogP contribution in [0.1, 0.15) is 17.5 Å². The number of rotatable bonds is 5. The summed E-state index contributed by atoms with van der Waals surface area (Å²) in [4.78, 5) is 22.7. The van der Waals surface area contributed by atoms with Gasteiger partial charge in [0.25, 0.3) is 5.91 Å². The predicted octanol–water partition coefficient (Wildman–Crippen LogP) is 3.98. The first-order valence-corrected chi connectivity index (χ1v) is 8.38. The number of nitrogens with zero attached hydrogens (tertiary/aromatic N) is 2. The number of hydrogen-bond donors (Lipinski definition) is 1. The summed E-state index contributed by atoms with van der Waals surface area (Å²) in [6, 6.07) is 13.4. The Morgan fingerprint density at radius 2 is 2.12 bits per heavy atom. The first kappa shape index (κ1) is 16.1. The molecule has 0 aliphatic carbocycles. The van der Waals surface area contributed by atoms with E-state index in [0.29, 0.717) is 0 Å². The lowest BCUT2D eigenvalue weighted by Gasteiger charge is -2.09. The number of pyridine rings is 1. The second-order valence-electron chi connectivity index (χ2n) is 5.30. The smallest absolute Gasteiger partial charge is 0.265 e. The molecule has 0 saturated heterocycles. The molecule has 0 spiro atoms. The van der Waals surface area contributed by atoms with E-state index in [0.717, 1.165) is 32.9 Å². The van der Waals surface area contributed by atoms with Crippen molar-refractivity contribution in [3.05, 3.63) is 58.4 Å². The monoisotopic (exact) mass is 339 g/mol. The topological polar surface area (TPSA) is 63.6 Å². The second kappa shape index (κ2) is 7.23. The zero-order valence-corrected chi connectivity index (χ0v) is 14.3. The van der Waals surface area contributed by atoms with Gasteiger partial charge in [0, 0.05) is 11.1 Å². The molecule has 122 valence electrons. The van der Waals surface area contributed by atoms with Crippen molar-refractivity contribution in [3.63, 3.8) is 0 Å². The third-order valence-electron chi connectivity index (χ3n) is 3.39. The molecule has 0 aliphatic rings. The van der Waals surface area contributed by atoms with Gasteiger partial charge in [-0.1, -0.05) is 29.4 Å². The van der Waals surface area contributed by atoms with E-state index in [2.05, 4.69) is 15.5 Å². The summed E-state index contributed by atoms with van der Waals surface area (Å²) < 4.78 is 0. The van der Waals surface area contributed by atoms with Gasteiger partial charge < -0.3 is 10.2 Å². The molecule has 0 radical (unpaired) electrons. The zero-order chi connectivity index (χ0) is 16.9. The summed E-state index contributed by atoms with van der Waals surface area (Å²) in [6.45, 7) is 3.61. The van der Waals surface area contributed by atoms with Crippen molar-refractivity contribution in [1.82, 2.24) is 4.98 Å². The Kier molecular flexibility index (Phi) is 4.86. The van der Waals surface area contributed by atoms with Gasteiger partial charge in [-0.2, -0.15) is 0 Å². The van der Waals surface area contributed by atoms with E-state index < -0.39 is 0 Å². The van der Waals surface area contributed by atoms with Gasteiger partial charge in [0.15, 0.2) is 6.61 Å². The molecule has 0 bridgehead atoms. The van der Waals surface area contributed by atoms with Crippen LogP contribution in [0, 0.1) is 6.92 Å². The Hall–Kier alpha value is -2.73. The minimum Gasteiger partial charge on any atom is -0.385 e. The Labute approximate surface area is 144 Å². The molecule has 24 heavy (non-hydrogen) atoms. The van der Waals surface area contributed by atoms with Crippen molar-refractivity contribution in [3.8, 4) is 0 Å². The molecule has 0 aliphatic heterocycles. The van der Waals surface area contributed by atoms with E-state index in [4.69, 9.17) is 4.84 Å². The van der Waals surface area contributed by atoms with Crippen molar-refractivity contribution >= 4 is 39.5 Å². The fourth-order valence-electron chi connectivity index (χ4n) is 2.31. The number of thiophene rings is 1. The minimum atomic E-state index is -0.256. The number of para-hydroxylation sites is 1. The number of nitrogens with one attached hydrogen (secondary N) is 1. The summed E-state index contributed by atoms with van der Waals surface area (Å²) in [6.07, 6.45) is 0. The maximum atomic E-state index is 12.1. The van der Waals surface area contributed by atoms with Gasteiger partial charge in [-0.15, -0.1) is 11.3 Å². The van der Waals surface area contributed by atoms with Crippen molar-refractivity contribution in [2.75, 3.05) is 11.9 Å². The third kappa shape index (κ3) is 3.78. The standard InChI is InChI=1S/C18H17N3O2S/c1-12-10-16(14-6-3-4-7-15(14)19-12)20-18(22)11-23-21-13(2)17-8-5-9-24-17/h3-10H,11H2,1-2H3,(H,19,20,22). The van der Waals surface area contributed by atoms with Gasteiger partial charge in [-0.25, -0.2) is 0 Å². The lowest BCUT2D eigenvalue weighted by Crippen LogP contribution is -2.17. The zero-order valence-electron chi connectivity index (χ0n) is 13.4. The summed E-state index contributed by atoms with van der Waals surface area (Å²) >= 11 is 1.58. The number of carbonyl (C=O) groups excluding carboxylic acids is 1. The van der Waals surface area contributed by atoms with Crippen LogP contribution in [0.2, 0.25) is 0 Å². The molecule has 0 atom stereocenters. The Morgan fingerprint density at radius 1 is 1.29 bits per heavy atom. The molecule has 3 rings (SSSR count). The molecule has 6 heteroatoms. The number of carbonyl (C=O) groups is 1. The molecule has 0 fully saturated rings. The van der Waals surface area contributed by atoms with Gasteiger partial charge in [0.1, 0.15) is 0 Å². The van der Waals surface area contributed by atoms with E-state index in [9.17, 15) is 4.79 Å². The normalized spacial score (nSPS) is 11.5. The maximum absolute atomic E-state index is 12.1. The van der Waals surface area contributed by atoms with Crippen molar-refractivity contribution in [2.45, 2.75) is 13.8 Å². The second-order valence-corrected chi connectivity index (χ2v) is 6.25. The summed E-state index contributed by atoms with van der Waals surface area (Å²) in [5, 5.41) is 9.71. The van der Waals surface area contributed by atoms with Gasteiger partial charge in [-0.05, 0) is 37.4 Å². The number of fused-ring (bicyclic) bond motifs is 1. The summed E-state index contributed by atoms with van der Waals surface area (Å²) in [5.41, 5.74) is 3.17. The van der Waals surface area contributed by atoms with Gasteiger partial charge in [-0.3, -0.25) is 9.78 Å². The number of anilines is 1. The maximum Gasteiger partial charge on any atom is 0.265 e. The van der Waals surface area contributed by atoms with Gasteiger partial charge >= 0.3 is 0 Å². The lowest BCUT2D eigenvalue weighted by atomic mass is 10.1. The van der Waals surface area contributed by atoms with E-state index in [1.54, 1.807) is 11.3 Å². The summed E-state index contributed by atoms with van der Waals surface area (Å²) in [5.74, 6) is -0.256. The van der Waals surface area contributed by atoms with Crippen LogP contribution in [0.25, 0.3) is 10.9 Å². The largest absolute Gasteiger partial charge is 0.385 e. The Morgan fingerprint density at radius 3 is 2.92 bits per heavy atom. The highest BCUT2D eigenvalue weighted by molar-refractivity contribution is 7.12. The van der Waals surface area contributed by atoms with Crippen LogP contribution in [0.3, 0.4) is 0 Å². The van der Waals surface area contributed by atoms with Crippen LogP contribution in [-0.2, 0) is 9.63 Å². The van der Waals surface area contributed by atoms with E-state index in [1.807, 2.05) is 61.7 Å². The van der Waals surface area contributed by atoms with Crippen LogP contribution in [0.5, 0.6) is 0 Å². The molecule has 5 nitrogen and oxygen atoms in total. The number of oxime groups is 1. The Balaban J connectivity index is 1.66. The molecule has 1 N–H and O–H groups in total. The molecule has 0 unspecified atom stereocenters. The lowest BCUT2D eigenvalue weighted by molar-refractivity contribution is -0.120. The highest BCUT2D eigenvalue weighted by atomic mass is 32.1. The fraction of sp³-hybridized carbons (Fsp3) is 0.167. The average molecular weight is 339 g/mol. The third-order valence-corrected chi connectivity index (χ3v) is 4.37. The number of hydrogen-bond acceptors (Lipinski definition) is 5. The SMILES string of the molecule is CC(=NOCC(=O)Nc1cc(C)nc2ccccc12)c1cccs1. The predicted molar refractivity (Wildman–Crippen MR) is 97.6 cm³/mol. The molecule has 0 saturated carbocycles. The quantitative estimate of drug-likeness (QED) is 0.565. The molecular weight excluding hydrogens is 322 g/mol. The Bertz CT molecular complexity index is 888. The number of benzene rings is 1. The molecule has 1 amide bonds. The molecule has 2 heterocycles. The van der Waals surface area contributed by atoms with Crippen molar-refractivity contribution in [2.24, 2.45) is 5.16 Å². The number of aromatic nitrogens is 1. The first-order chi connectivity index (χ1) is 11.6. The highest BCUT2D eigenvalue weighted by Gasteiger charge is 2.08. The van der Waals surface area contributed by atoms with Crippen molar-refractivity contribution in [1.29, 1.82) is 0 Å². The highest BCUT2D eigenvalue weighted by Crippen LogP contribution is 2.22. The molecule has 1 aromatic carbocycles. The number of aryl methyl sites for hydroxylation is 1. The van der Waals surface area contributed by atoms with Crippen LogP contribution in [0.15, 0.2) is 53.0 Å². The van der Waals surface area contributed by atoms with E-state index in [-0.39, 0.29) is 12.5 Å². The van der Waals surface area contributed by atoms with Gasteiger partial charge in [0.2, 0.25) is 0 Å². The first-order valence-electron chi connectivity index (χ1n) is 7.50. The van der Waals surface area contributed by atoms with Crippen LogP contribution in [-0.4, -0.2) is 23.2 Å². The van der Waals surface area contributed by atoms with E-state index in [1.165, 1.54) is 0 Å². The average Bonchev–Trinajstić information content (AvgIpc) is 3.09. The number of amides is 1. The minimum absolute atomic E-state index is 0.140. The summed E-state index contributed by atoms with van der Waals surface area (Å²) in [7, 11) is 0. The molecule has 3 aromatic rings. The van der Waals surface area contributed by atoms with Crippen LogP contribution >= 0.6 is 11.3 Å². The fourth-order valence-corrected chi connectivity index (χ4v) is 2.98. The molecule has 2 aromatic heterocycles. The van der Waals surface area contributed by atoms with Gasteiger partial charge in [0.05, 0.1) is 21.8 Å². The molecular formula is C18H17N3O2S.